The molecule has 11 heteroatoms. The molecular weight excluding hydrogens is 497 g/mol. The number of β-amino-alcohol motifs (C(OH)–C–C–N with tert-alkyl or cyclic N) is 1. The summed E-state index contributed by atoms with van der Waals surface area (Å²) in [6.07, 6.45) is 2.53. The second kappa shape index (κ2) is 11.3. The number of amides is 1. The van der Waals surface area contributed by atoms with Crippen LogP contribution >= 0.6 is 27.0 Å². The molecule has 2 aliphatic rings. The predicted molar refractivity (Wildman–Crippen MR) is 141 cm³/mol. The number of hydrogen-bond donors (Lipinski definition) is 3. The van der Waals surface area contributed by atoms with E-state index in [0.29, 0.717) is 37.9 Å². The Hall–Kier alpha value is -1.79. The van der Waals surface area contributed by atoms with Crippen LogP contribution in [-0.4, -0.2) is 56.3 Å². The zero-order valence-electron chi connectivity index (χ0n) is 18.9. The minimum atomic E-state index is -3.65. The van der Waals surface area contributed by atoms with Gasteiger partial charge in [0, 0.05) is 19.6 Å². The number of aliphatic hydroxyl groups is 1. The van der Waals surface area contributed by atoms with E-state index in [9.17, 15) is 22.7 Å². The average molecular weight is 530 g/mol. The minimum Gasteiger partial charge on any atom is -0.392 e. The van der Waals surface area contributed by atoms with Crippen LogP contribution in [0.15, 0.2) is 48.5 Å². The number of hydrogen-bond acceptors (Lipinski definition) is 5. The number of sulfonamides is 1. The Morgan fingerprint density at radius 3 is 2.44 bits per heavy atom. The first-order chi connectivity index (χ1) is 15.2. The Labute approximate surface area is 214 Å². The predicted octanol–water partition coefficient (Wildman–Crippen LogP) is 2.38. The molecular formula is C23H32FN3O4S3. The number of rotatable bonds is 8. The normalized spacial score (nSPS) is 19.9. The van der Waals surface area contributed by atoms with Crippen molar-refractivity contribution in [1.82, 2.24) is 10.2 Å². The van der Waals surface area contributed by atoms with Crippen LogP contribution in [0.1, 0.15) is 36.4 Å². The third-order valence-corrected chi connectivity index (χ3v) is 6.79. The molecule has 34 heavy (non-hydrogen) atoms. The van der Waals surface area contributed by atoms with E-state index < -0.39 is 21.3 Å². The van der Waals surface area contributed by atoms with Crippen molar-refractivity contribution in [3.63, 3.8) is 0 Å². The molecule has 1 saturated heterocycles. The van der Waals surface area contributed by atoms with Crippen LogP contribution in [0.5, 0.6) is 0 Å². The molecule has 0 aromatic heterocycles. The standard InChI is InChI=1S/C23H28FN3O4S.2H2S/c1-32(30,31)26-20-13-17(7-8-19(20)24)23(10-11-23)22(29)25-21(16-5-3-2-4-6-16)15-27-12-9-18(28)14-27;;/h2-8,13,18,21,26,28H,9-12,14-15H2,1H3,(H,25,29);2*1H2/t18-,21+;;/m0../s1. The molecule has 0 unspecified atom stereocenters. The first-order valence-corrected chi connectivity index (χ1v) is 12.6. The summed E-state index contributed by atoms with van der Waals surface area (Å²) in [5.41, 5.74) is 0.594. The second-order valence-electron chi connectivity index (χ2n) is 8.79. The van der Waals surface area contributed by atoms with Gasteiger partial charge in [0.25, 0.3) is 0 Å². The zero-order valence-corrected chi connectivity index (χ0v) is 21.7. The van der Waals surface area contributed by atoms with Crippen LogP contribution < -0.4 is 10.0 Å². The molecule has 188 valence electrons. The van der Waals surface area contributed by atoms with Crippen molar-refractivity contribution >= 4 is 48.6 Å². The highest BCUT2D eigenvalue weighted by Gasteiger charge is 2.52. The zero-order chi connectivity index (χ0) is 22.9. The van der Waals surface area contributed by atoms with E-state index in [0.717, 1.165) is 18.4 Å². The Morgan fingerprint density at radius 1 is 1.21 bits per heavy atom. The van der Waals surface area contributed by atoms with E-state index in [1.54, 1.807) is 6.07 Å². The van der Waals surface area contributed by atoms with Crippen molar-refractivity contribution in [2.24, 2.45) is 0 Å². The SMILES string of the molecule is CS(=O)(=O)Nc1cc(C2(C(=O)N[C@H](CN3CC[C@H](O)C3)c3ccccc3)CC2)ccc1F.S.S. The smallest absolute Gasteiger partial charge is 0.231 e. The summed E-state index contributed by atoms with van der Waals surface area (Å²) in [5.74, 6) is -0.854. The minimum absolute atomic E-state index is 0. The van der Waals surface area contributed by atoms with Crippen LogP contribution in [0.2, 0.25) is 0 Å². The van der Waals surface area contributed by atoms with Gasteiger partial charge in [0.1, 0.15) is 5.82 Å². The highest BCUT2D eigenvalue weighted by atomic mass is 32.2. The maximum absolute atomic E-state index is 14.1. The fraction of sp³-hybridized carbons (Fsp3) is 0.435. The Balaban J connectivity index is 0.00000204. The summed E-state index contributed by atoms with van der Waals surface area (Å²) < 4.78 is 39.5. The lowest BCUT2D eigenvalue weighted by Crippen LogP contribution is -2.42. The molecule has 1 heterocycles. The second-order valence-corrected chi connectivity index (χ2v) is 10.5. The monoisotopic (exact) mass is 529 g/mol. The fourth-order valence-corrected chi connectivity index (χ4v) is 4.88. The van der Waals surface area contributed by atoms with Crippen molar-refractivity contribution in [1.29, 1.82) is 0 Å². The van der Waals surface area contributed by atoms with Gasteiger partial charge in [-0.1, -0.05) is 36.4 Å². The fourth-order valence-electron chi connectivity index (χ4n) is 4.33. The lowest BCUT2D eigenvalue weighted by Gasteiger charge is -2.27. The third kappa shape index (κ3) is 6.66. The summed E-state index contributed by atoms with van der Waals surface area (Å²) in [5, 5.41) is 13.0. The number of halogens is 1. The van der Waals surface area contributed by atoms with Crippen molar-refractivity contribution in [2.45, 2.75) is 36.8 Å². The molecule has 2 atom stereocenters. The van der Waals surface area contributed by atoms with Crippen LogP contribution in [0.4, 0.5) is 10.1 Å². The number of nitrogens with one attached hydrogen (secondary N) is 2. The first kappa shape index (κ1) is 28.4. The quantitative estimate of drug-likeness (QED) is 0.488. The summed E-state index contributed by atoms with van der Waals surface area (Å²) in [7, 11) is -3.65. The molecule has 0 radical (unpaired) electrons. The number of likely N-dealkylation sites (tertiary alicyclic amines) is 1. The molecule has 3 N–H and O–H groups in total. The number of carbonyl (C=O) groups is 1. The third-order valence-electron chi connectivity index (χ3n) is 6.19. The van der Waals surface area contributed by atoms with Crippen LogP contribution in [-0.2, 0) is 20.2 Å². The first-order valence-electron chi connectivity index (χ1n) is 10.7. The van der Waals surface area contributed by atoms with Crippen molar-refractivity contribution < 1.29 is 22.7 Å². The number of anilines is 1. The molecule has 0 bridgehead atoms. The van der Waals surface area contributed by atoms with Crippen molar-refractivity contribution in [2.75, 3.05) is 30.6 Å². The highest BCUT2D eigenvalue weighted by molar-refractivity contribution is 7.92. The summed E-state index contributed by atoms with van der Waals surface area (Å²) in [4.78, 5) is 15.6. The molecule has 2 aromatic carbocycles. The van der Waals surface area contributed by atoms with Gasteiger partial charge in [-0.05, 0) is 42.5 Å². The molecule has 2 aromatic rings. The summed E-state index contributed by atoms with van der Waals surface area (Å²) >= 11 is 0. The van der Waals surface area contributed by atoms with Gasteiger partial charge in [0.2, 0.25) is 15.9 Å². The van der Waals surface area contributed by atoms with Gasteiger partial charge in [-0.15, -0.1) is 0 Å². The molecule has 7 nitrogen and oxygen atoms in total. The Bertz CT molecular complexity index is 1100. The van der Waals surface area contributed by atoms with Gasteiger partial charge in [0.05, 0.1) is 29.5 Å². The summed E-state index contributed by atoms with van der Waals surface area (Å²) in [6, 6.07) is 13.6. The highest BCUT2D eigenvalue weighted by Crippen LogP contribution is 2.49. The molecule has 1 aliphatic heterocycles. The molecule has 4 rings (SSSR count). The van der Waals surface area contributed by atoms with Crippen molar-refractivity contribution in [3.8, 4) is 0 Å². The van der Waals surface area contributed by atoms with E-state index >= 15 is 0 Å². The Morgan fingerprint density at radius 2 is 1.88 bits per heavy atom. The topological polar surface area (TPSA) is 98.7 Å². The van der Waals surface area contributed by atoms with Gasteiger partial charge in [-0.25, -0.2) is 12.8 Å². The maximum atomic E-state index is 14.1. The van der Waals surface area contributed by atoms with Crippen LogP contribution in [0.3, 0.4) is 0 Å². The Kier molecular flexibility index (Phi) is 9.45. The van der Waals surface area contributed by atoms with Gasteiger partial charge in [-0.2, -0.15) is 27.0 Å². The van der Waals surface area contributed by atoms with E-state index in [1.165, 1.54) is 12.1 Å². The molecule has 0 spiro atoms. The van der Waals surface area contributed by atoms with E-state index in [1.807, 2.05) is 30.3 Å². The summed E-state index contributed by atoms with van der Waals surface area (Å²) in [6.45, 7) is 1.92. The largest absolute Gasteiger partial charge is 0.392 e. The van der Waals surface area contributed by atoms with Crippen LogP contribution in [0, 0.1) is 5.82 Å². The number of nitrogens with zero attached hydrogens (tertiary/aromatic N) is 1. The van der Waals surface area contributed by atoms with Gasteiger partial charge < -0.3 is 10.4 Å². The van der Waals surface area contributed by atoms with Crippen LogP contribution in [0.25, 0.3) is 0 Å². The van der Waals surface area contributed by atoms with E-state index in [2.05, 4.69) is 14.9 Å². The van der Waals surface area contributed by atoms with Crippen molar-refractivity contribution in [3.05, 3.63) is 65.5 Å². The molecule has 1 aliphatic carbocycles. The van der Waals surface area contributed by atoms with Gasteiger partial charge >= 0.3 is 0 Å². The lowest BCUT2D eigenvalue weighted by atomic mass is 9.93. The van der Waals surface area contributed by atoms with Gasteiger partial charge in [0.15, 0.2) is 0 Å². The molecule has 1 saturated carbocycles. The average Bonchev–Trinajstić information content (AvgIpc) is 3.45. The molecule has 1 amide bonds. The van der Waals surface area contributed by atoms with E-state index in [4.69, 9.17) is 0 Å². The number of benzene rings is 2. The number of carbonyl (C=O) groups excluding carboxylic acids is 1. The lowest BCUT2D eigenvalue weighted by molar-refractivity contribution is -0.124. The number of aliphatic hydroxyl groups excluding tert-OH is 1. The molecule has 2 fully saturated rings. The van der Waals surface area contributed by atoms with E-state index in [-0.39, 0.29) is 50.7 Å². The van der Waals surface area contributed by atoms with Gasteiger partial charge in [-0.3, -0.25) is 14.4 Å². The maximum Gasteiger partial charge on any atom is 0.231 e.